The van der Waals surface area contributed by atoms with Gasteiger partial charge in [0.2, 0.25) is 0 Å². The molecule has 3 nitrogen and oxygen atoms in total. The summed E-state index contributed by atoms with van der Waals surface area (Å²) in [5, 5.41) is 3.49. The Hall–Kier alpha value is 0. The average Bonchev–Trinajstić information content (AvgIpc) is 2.84. The van der Waals surface area contributed by atoms with Gasteiger partial charge in [-0.05, 0) is 37.5 Å². The fourth-order valence-electron chi connectivity index (χ4n) is 3.39. The SMILES string of the molecule is CCNC(=NCC(CC)CC)N1CCC2(CCC2)C1.I. The minimum atomic E-state index is 0. The molecule has 4 heteroatoms. The van der Waals surface area contributed by atoms with E-state index in [0.717, 1.165) is 25.0 Å². The molecule has 0 aromatic carbocycles. The molecule has 0 atom stereocenters. The van der Waals surface area contributed by atoms with Crippen molar-refractivity contribution in [2.75, 3.05) is 26.2 Å². The third-order valence-electron chi connectivity index (χ3n) is 5.14. The fourth-order valence-corrected chi connectivity index (χ4v) is 3.39. The van der Waals surface area contributed by atoms with Gasteiger partial charge in [0.1, 0.15) is 0 Å². The van der Waals surface area contributed by atoms with Gasteiger partial charge in [-0.3, -0.25) is 4.99 Å². The minimum absolute atomic E-state index is 0. The second kappa shape index (κ2) is 8.44. The summed E-state index contributed by atoms with van der Waals surface area (Å²) in [7, 11) is 0. The zero-order chi connectivity index (χ0) is 13.7. The van der Waals surface area contributed by atoms with Crippen molar-refractivity contribution in [3.8, 4) is 0 Å². The largest absolute Gasteiger partial charge is 0.357 e. The van der Waals surface area contributed by atoms with Crippen LogP contribution in [0.3, 0.4) is 0 Å². The lowest BCUT2D eigenvalue weighted by atomic mass is 9.68. The molecule has 0 amide bonds. The molecular formula is C16H32IN3. The quantitative estimate of drug-likeness (QED) is 0.436. The van der Waals surface area contributed by atoms with E-state index in [1.807, 2.05) is 0 Å². The van der Waals surface area contributed by atoms with Gasteiger partial charge in [0, 0.05) is 26.2 Å². The maximum absolute atomic E-state index is 4.89. The molecule has 20 heavy (non-hydrogen) atoms. The van der Waals surface area contributed by atoms with E-state index in [1.54, 1.807) is 0 Å². The highest BCUT2D eigenvalue weighted by molar-refractivity contribution is 14.0. The molecule has 0 bridgehead atoms. The van der Waals surface area contributed by atoms with E-state index in [2.05, 4.69) is 31.0 Å². The molecule has 1 heterocycles. The second-order valence-electron chi connectivity index (χ2n) is 6.40. The number of halogens is 1. The number of aliphatic imine (C=N–C) groups is 1. The summed E-state index contributed by atoms with van der Waals surface area (Å²) in [6.07, 6.45) is 8.18. The highest BCUT2D eigenvalue weighted by atomic mass is 127. The van der Waals surface area contributed by atoms with Crippen LogP contribution in [0.2, 0.25) is 0 Å². The zero-order valence-corrected chi connectivity index (χ0v) is 15.8. The Balaban J connectivity index is 0.00000200. The molecule has 2 rings (SSSR count). The van der Waals surface area contributed by atoms with Gasteiger partial charge < -0.3 is 10.2 Å². The minimum Gasteiger partial charge on any atom is -0.357 e. The van der Waals surface area contributed by atoms with Crippen molar-refractivity contribution in [2.24, 2.45) is 16.3 Å². The van der Waals surface area contributed by atoms with Gasteiger partial charge >= 0.3 is 0 Å². The molecule has 0 aromatic rings. The lowest BCUT2D eigenvalue weighted by Gasteiger charge is -2.38. The molecule has 118 valence electrons. The van der Waals surface area contributed by atoms with Gasteiger partial charge in [-0.2, -0.15) is 0 Å². The molecule has 0 aromatic heterocycles. The number of hydrogen-bond donors (Lipinski definition) is 1. The van der Waals surface area contributed by atoms with Crippen LogP contribution in [0.15, 0.2) is 4.99 Å². The van der Waals surface area contributed by atoms with Gasteiger partial charge in [0.25, 0.3) is 0 Å². The summed E-state index contributed by atoms with van der Waals surface area (Å²) in [5.74, 6) is 1.91. The first-order valence-corrected chi connectivity index (χ1v) is 8.26. The van der Waals surface area contributed by atoms with E-state index >= 15 is 0 Å². The van der Waals surface area contributed by atoms with Crippen LogP contribution in [0, 0.1) is 11.3 Å². The van der Waals surface area contributed by atoms with Gasteiger partial charge in [-0.1, -0.05) is 33.1 Å². The predicted molar refractivity (Wildman–Crippen MR) is 97.9 cm³/mol. The first-order chi connectivity index (χ1) is 9.23. The summed E-state index contributed by atoms with van der Waals surface area (Å²) in [6.45, 7) is 11.1. The van der Waals surface area contributed by atoms with Crippen LogP contribution in [0.4, 0.5) is 0 Å². The van der Waals surface area contributed by atoms with Crippen molar-refractivity contribution in [1.29, 1.82) is 0 Å². The zero-order valence-electron chi connectivity index (χ0n) is 13.5. The van der Waals surface area contributed by atoms with Gasteiger partial charge in [0.05, 0.1) is 0 Å². The van der Waals surface area contributed by atoms with Crippen molar-refractivity contribution in [3.05, 3.63) is 0 Å². The number of guanidine groups is 1. The van der Waals surface area contributed by atoms with Crippen LogP contribution in [0.25, 0.3) is 0 Å². The number of rotatable bonds is 5. The van der Waals surface area contributed by atoms with Crippen molar-refractivity contribution in [3.63, 3.8) is 0 Å². The lowest BCUT2D eigenvalue weighted by molar-refractivity contribution is 0.151. The van der Waals surface area contributed by atoms with Crippen molar-refractivity contribution < 1.29 is 0 Å². The molecule has 2 aliphatic rings. The first-order valence-electron chi connectivity index (χ1n) is 8.26. The molecule has 1 aliphatic carbocycles. The second-order valence-corrected chi connectivity index (χ2v) is 6.40. The van der Waals surface area contributed by atoms with Gasteiger partial charge in [-0.15, -0.1) is 24.0 Å². The van der Waals surface area contributed by atoms with Crippen LogP contribution in [0.5, 0.6) is 0 Å². The molecule has 1 N–H and O–H groups in total. The van der Waals surface area contributed by atoms with Crippen LogP contribution in [-0.2, 0) is 0 Å². The molecule has 1 saturated carbocycles. The number of hydrogen-bond acceptors (Lipinski definition) is 1. The van der Waals surface area contributed by atoms with Gasteiger partial charge in [-0.25, -0.2) is 0 Å². The Morgan fingerprint density at radius 1 is 1.20 bits per heavy atom. The Morgan fingerprint density at radius 3 is 2.35 bits per heavy atom. The summed E-state index contributed by atoms with van der Waals surface area (Å²) in [4.78, 5) is 7.40. The maximum Gasteiger partial charge on any atom is 0.193 e. The highest BCUT2D eigenvalue weighted by Crippen LogP contribution is 2.47. The van der Waals surface area contributed by atoms with Crippen LogP contribution >= 0.6 is 24.0 Å². The standard InChI is InChI=1S/C16H31N3.HI/c1-4-14(5-2)12-18-15(17-6-3)19-11-10-16(13-19)8-7-9-16;/h14H,4-13H2,1-3H3,(H,17,18);1H. The topological polar surface area (TPSA) is 27.6 Å². The van der Waals surface area contributed by atoms with E-state index in [9.17, 15) is 0 Å². The molecule has 1 saturated heterocycles. The monoisotopic (exact) mass is 393 g/mol. The summed E-state index contributed by atoms with van der Waals surface area (Å²) in [6, 6.07) is 0. The fraction of sp³-hybridized carbons (Fsp3) is 0.938. The highest BCUT2D eigenvalue weighted by Gasteiger charge is 2.43. The Kier molecular flexibility index (Phi) is 7.62. The summed E-state index contributed by atoms with van der Waals surface area (Å²) >= 11 is 0. The number of likely N-dealkylation sites (tertiary alicyclic amines) is 1. The van der Waals surface area contributed by atoms with Crippen LogP contribution in [0.1, 0.15) is 59.3 Å². The van der Waals surface area contributed by atoms with E-state index in [4.69, 9.17) is 4.99 Å². The summed E-state index contributed by atoms with van der Waals surface area (Å²) < 4.78 is 0. The third-order valence-corrected chi connectivity index (χ3v) is 5.14. The van der Waals surface area contributed by atoms with Crippen LogP contribution in [-0.4, -0.2) is 37.0 Å². The maximum atomic E-state index is 4.89. The predicted octanol–water partition coefficient (Wildman–Crippen LogP) is 3.88. The Morgan fingerprint density at radius 2 is 1.90 bits per heavy atom. The third kappa shape index (κ3) is 4.25. The smallest absolute Gasteiger partial charge is 0.193 e. The molecule has 1 spiro atoms. The number of nitrogens with zero attached hydrogens (tertiary/aromatic N) is 2. The number of nitrogens with one attached hydrogen (secondary N) is 1. The average molecular weight is 393 g/mol. The van der Waals surface area contributed by atoms with E-state index in [1.165, 1.54) is 51.6 Å². The van der Waals surface area contributed by atoms with E-state index in [0.29, 0.717) is 5.41 Å². The normalized spacial score (nSPS) is 21.0. The molecule has 0 radical (unpaired) electrons. The molecule has 0 unspecified atom stereocenters. The van der Waals surface area contributed by atoms with Crippen molar-refractivity contribution in [1.82, 2.24) is 10.2 Å². The lowest BCUT2D eigenvalue weighted by Crippen LogP contribution is -2.42. The first kappa shape index (κ1) is 18.1. The summed E-state index contributed by atoms with van der Waals surface area (Å²) in [5.41, 5.74) is 0.658. The Bertz CT molecular complexity index is 309. The molecular weight excluding hydrogens is 361 g/mol. The Labute approximate surface area is 142 Å². The van der Waals surface area contributed by atoms with E-state index in [-0.39, 0.29) is 24.0 Å². The van der Waals surface area contributed by atoms with Crippen molar-refractivity contribution >= 4 is 29.9 Å². The van der Waals surface area contributed by atoms with Crippen molar-refractivity contribution in [2.45, 2.75) is 59.3 Å². The van der Waals surface area contributed by atoms with Gasteiger partial charge in [0.15, 0.2) is 5.96 Å². The molecule has 1 aliphatic heterocycles. The van der Waals surface area contributed by atoms with E-state index < -0.39 is 0 Å². The van der Waals surface area contributed by atoms with Crippen LogP contribution < -0.4 is 5.32 Å². The molecule has 2 fully saturated rings.